The Labute approximate surface area is 100 Å². The van der Waals surface area contributed by atoms with Crippen LogP contribution in [0.4, 0.5) is 0 Å². The van der Waals surface area contributed by atoms with Crippen LogP contribution in [0.1, 0.15) is 30.1 Å². The number of carbonyl (C=O) groups excluding carboxylic acids is 1. The van der Waals surface area contributed by atoms with Crippen molar-refractivity contribution in [1.82, 2.24) is 9.88 Å². The van der Waals surface area contributed by atoms with E-state index in [1.165, 1.54) is 22.2 Å². The third kappa shape index (κ3) is 1.46. The second-order valence-corrected chi connectivity index (χ2v) is 4.66. The lowest BCUT2D eigenvalue weighted by atomic mass is 10.0. The van der Waals surface area contributed by atoms with E-state index in [4.69, 9.17) is 0 Å². The molecule has 0 saturated heterocycles. The Morgan fingerprint density at radius 3 is 3.06 bits per heavy atom. The molecule has 3 heteroatoms. The molecule has 3 rings (SSSR count). The molecule has 0 aliphatic carbocycles. The highest BCUT2D eigenvalue weighted by Gasteiger charge is 2.24. The van der Waals surface area contributed by atoms with Gasteiger partial charge in [0.2, 0.25) is 6.41 Å². The van der Waals surface area contributed by atoms with Gasteiger partial charge in [0.15, 0.2) is 0 Å². The highest BCUT2D eigenvalue weighted by atomic mass is 16.1. The van der Waals surface area contributed by atoms with Gasteiger partial charge in [-0.1, -0.05) is 18.2 Å². The van der Waals surface area contributed by atoms with Crippen molar-refractivity contribution in [2.24, 2.45) is 0 Å². The highest BCUT2D eigenvalue weighted by molar-refractivity contribution is 5.85. The van der Waals surface area contributed by atoms with Crippen molar-refractivity contribution in [2.75, 3.05) is 0 Å². The van der Waals surface area contributed by atoms with Gasteiger partial charge in [-0.25, -0.2) is 0 Å². The first-order valence-corrected chi connectivity index (χ1v) is 6.10. The Morgan fingerprint density at radius 1 is 1.41 bits per heavy atom. The van der Waals surface area contributed by atoms with Crippen LogP contribution in [0.2, 0.25) is 0 Å². The number of aromatic nitrogens is 1. The fraction of sp³-hybridized carbons (Fsp3) is 0.357. The van der Waals surface area contributed by atoms with Crippen LogP contribution in [0.25, 0.3) is 10.9 Å². The second-order valence-electron chi connectivity index (χ2n) is 4.66. The molecule has 3 nitrogen and oxygen atoms in total. The smallest absolute Gasteiger partial charge is 0.207 e. The molecule has 0 fully saturated rings. The Hall–Kier alpha value is -1.77. The average molecular weight is 228 g/mol. The molecule has 1 N–H and O–H groups in total. The topological polar surface area (TPSA) is 34.0 Å². The molecular formula is C14H16N2O. The van der Waals surface area contributed by atoms with Gasteiger partial charge >= 0.3 is 0 Å². The van der Waals surface area contributed by atoms with E-state index in [2.05, 4.69) is 41.1 Å². The zero-order chi connectivity index (χ0) is 11.8. The minimum atomic E-state index is 0.175. The number of nitrogens with zero attached hydrogens (tertiary/aromatic N) is 1. The van der Waals surface area contributed by atoms with Crippen LogP contribution < -0.4 is 5.32 Å². The Bertz CT molecular complexity index is 571. The van der Waals surface area contributed by atoms with Crippen LogP contribution in [0.15, 0.2) is 24.3 Å². The summed E-state index contributed by atoms with van der Waals surface area (Å²) in [7, 11) is 0. The fourth-order valence-corrected chi connectivity index (χ4v) is 3.02. The molecule has 0 spiro atoms. The predicted molar refractivity (Wildman–Crippen MR) is 67.8 cm³/mol. The minimum absolute atomic E-state index is 0.175. The van der Waals surface area contributed by atoms with Crippen LogP contribution in [0, 0.1) is 6.92 Å². The monoisotopic (exact) mass is 228 g/mol. The Kier molecular flexibility index (Phi) is 2.39. The predicted octanol–water partition coefficient (Wildman–Crippen LogP) is 2.53. The van der Waals surface area contributed by atoms with E-state index >= 15 is 0 Å². The molecule has 17 heavy (non-hydrogen) atoms. The lowest BCUT2D eigenvalue weighted by Crippen LogP contribution is -2.27. The number of hydrogen-bond acceptors (Lipinski definition) is 1. The SMILES string of the molecule is Cc1c2n(c3ccccc13)CCCC2NC=O. The zero-order valence-electron chi connectivity index (χ0n) is 9.94. The maximum Gasteiger partial charge on any atom is 0.207 e. The van der Waals surface area contributed by atoms with E-state index in [1.807, 2.05) is 0 Å². The Morgan fingerprint density at radius 2 is 2.24 bits per heavy atom. The third-order valence-corrected chi connectivity index (χ3v) is 3.75. The summed E-state index contributed by atoms with van der Waals surface area (Å²) in [5.41, 5.74) is 3.88. The zero-order valence-corrected chi connectivity index (χ0v) is 9.94. The van der Waals surface area contributed by atoms with Crippen molar-refractivity contribution < 1.29 is 4.79 Å². The Balaban J connectivity index is 2.25. The summed E-state index contributed by atoms with van der Waals surface area (Å²) >= 11 is 0. The molecule has 0 bridgehead atoms. The fourth-order valence-electron chi connectivity index (χ4n) is 3.02. The number of carbonyl (C=O) groups is 1. The second kappa shape index (κ2) is 3.91. The quantitative estimate of drug-likeness (QED) is 0.787. The van der Waals surface area contributed by atoms with Gasteiger partial charge in [-0.3, -0.25) is 4.79 Å². The van der Waals surface area contributed by atoms with Gasteiger partial charge in [-0.05, 0) is 31.4 Å². The van der Waals surface area contributed by atoms with E-state index in [1.54, 1.807) is 0 Å². The van der Waals surface area contributed by atoms with Gasteiger partial charge in [-0.15, -0.1) is 0 Å². The van der Waals surface area contributed by atoms with Gasteiger partial charge in [0, 0.05) is 23.1 Å². The molecule has 1 aliphatic rings. The number of nitrogens with one attached hydrogen (secondary N) is 1. The molecular weight excluding hydrogens is 212 g/mol. The number of aryl methyl sites for hydroxylation is 2. The highest BCUT2D eigenvalue weighted by Crippen LogP contribution is 2.34. The normalized spacial score (nSPS) is 19.0. The lowest BCUT2D eigenvalue weighted by Gasteiger charge is -2.25. The van der Waals surface area contributed by atoms with Gasteiger partial charge < -0.3 is 9.88 Å². The van der Waals surface area contributed by atoms with Crippen molar-refractivity contribution in [3.8, 4) is 0 Å². The van der Waals surface area contributed by atoms with E-state index in [-0.39, 0.29) is 6.04 Å². The number of rotatable bonds is 2. The van der Waals surface area contributed by atoms with Crippen LogP contribution in [0.3, 0.4) is 0 Å². The van der Waals surface area contributed by atoms with Gasteiger partial charge in [0.05, 0.1) is 6.04 Å². The van der Waals surface area contributed by atoms with E-state index in [0.29, 0.717) is 0 Å². The minimum Gasteiger partial charge on any atom is -0.350 e. The van der Waals surface area contributed by atoms with Crippen molar-refractivity contribution in [3.63, 3.8) is 0 Å². The standard InChI is InChI=1S/C14H16N2O/c1-10-11-5-2-3-7-13(11)16-8-4-6-12(14(10)16)15-9-17/h2-3,5,7,9,12H,4,6,8H2,1H3,(H,15,17). The first kappa shape index (κ1) is 10.4. The molecule has 1 aliphatic heterocycles. The number of fused-ring (bicyclic) bond motifs is 3. The summed E-state index contributed by atoms with van der Waals surface area (Å²) in [6, 6.07) is 8.65. The van der Waals surface area contributed by atoms with E-state index in [0.717, 1.165) is 25.8 Å². The van der Waals surface area contributed by atoms with Gasteiger partial charge in [-0.2, -0.15) is 0 Å². The molecule has 0 radical (unpaired) electrons. The molecule has 2 heterocycles. The molecule has 1 amide bonds. The number of benzene rings is 1. The summed E-state index contributed by atoms with van der Waals surface area (Å²) < 4.78 is 2.36. The van der Waals surface area contributed by atoms with E-state index < -0.39 is 0 Å². The molecule has 1 unspecified atom stereocenters. The summed E-state index contributed by atoms with van der Waals surface area (Å²) in [6.45, 7) is 3.21. The van der Waals surface area contributed by atoms with Crippen molar-refractivity contribution in [3.05, 3.63) is 35.5 Å². The maximum atomic E-state index is 10.7. The molecule has 0 saturated carbocycles. The summed E-state index contributed by atoms with van der Waals surface area (Å²) in [6.07, 6.45) is 2.98. The summed E-state index contributed by atoms with van der Waals surface area (Å²) in [5.74, 6) is 0. The van der Waals surface area contributed by atoms with Crippen LogP contribution >= 0.6 is 0 Å². The molecule has 1 atom stereocenters. The van der Waals surface area contributed by atoms with Crippen molar-refractivity contribution >= 4 is 17.3 Å². The average Bonchev–Trinajstić information content (AvgIpc) is 2.66. The number of amides is 1. The molecule has 88 valence electrons. The first-order chi connectivity index (χ1) is 8.33. The lowest BCUT2D eigenvalue weighted by molar-refractivity contribution is -0.110. The van der Waals surface area contributed by atoms with Crippen molar-refractivity contribution in [2.45, 2.75) is 32.4 Å². The first-order valence-electron chi connectivity index (χ1n) is 6.10. The van der Waals surface area contributed by atoms with Gasteiger partial charge in [0.1, 0.15) is 0 Å². The summed E-state index contributed by atoms with van der Waals surface area (Å²) in [5, 5.41) is 4.25. The molecule has 1 aromatic carbocycles. The van der Waals surface area contributed by atoms with Crippen LogP contribution in [-0.2, 0) is 11.3 Å². The van der Waals surface area contributed by atoms with Crippen LogP contribution in [0.5, 0.6) is 0 Å². The largest absolute Gasteiger partial charge is 0.350 e. The van der Waals surface area contributed by atoms with E-state index in [9.17, 15) is 4.79 Å². The number of para-hydroxylation sites is 1. The number of hydrogen-bond donors (Lipinski definition) is 1. The summed E-state index contributed by atoms with van der Waals surface area (Å²) in [4.78, 5) is 10.7. The third-order valence-electron chi connectivity index (χ3n) is 3.75. The van der Waals surface area contributed by atoms with Crippen LogP contribution in [-0.4, -0.2) is 11.0 Å². The molecule has 1 aromatic heterocycles. The van der Waals surface area contributed by atoms with Gasteiger partial charge in [0.25, 0.3) is 0 Å². The molecule has 2 aromatic rings. The van der Waals surface area contributed by atoms with Crippen molar-refractivity contribution in [1.29, 1.82) is 0 Å². The maximum absolute atomic E-state index is 10.7.